The van der Waals surface area contributed by atoms with Crippen molar-refractivity contribution in [1.82, 2.24) is 5.32 Å². The van der Waals surface area contributed by atoms with Gasteiger partial charge in [-0.1, -0.05) is 42.5 Å². The van der Waals surface area contributed by atoms with Gasteiger partial charge < -0.3 is 15.2 Å². The number of fused-ring (bicyclic) bond motifs is 1. The molecule has 0 heterocycles. The van der Waals surface area contributed by atoms with Gasteiger partial charge in [0.1, 0.15) is 5.75 Å². The van der Waals surface area contributed by atoms with Crippen molar-refractivity contribution in [1.29, 1.82) is 0 Å². The second-order valence-corrected chi connectivity index (χ2v) is 8.74. The molecule has 0 saturated carbocycles. The molecule has 7 heteroatoms. The van der Waals surface area contributed by atoms with E-state index in [1.807, 2.05) is 74.5 Å². The Labute approximate surface area is 207 Å². The molecule has 0 radical (unpaired) electrons. The Morgan fingerprint density at radius 1 is 0.889 bits per heavy atom. The van der Waals surface area contributed by atoms with Gasteiger partial charge in [0.05, 0.1) is 18.2 Å². The molecule has 2 N–H and O–H groups in total. The molecule has 4 rings (SSSR count). The normalized spacial score (nSPS) is 13.4. The number of benzene rings is 4. The van der Waals surface area contributed by atoms with Gasteiger partial charge in [-0.05, 0) is 83.3 Å². The van der Waals surface area contributed by atoms with E-state index in [0.29, 0.717) is 11.1 Å². The molecule has 0 bridgehead atoms. The number of halogens is 3. The molecule has 0 aromatic heterocycles. The van der Waals surface area contributed by atoms with Crippen LogP contribution in [-0.4, -0.2) is 18.2 Å². The van der Waals surface area contributed by atoms with Gasteiger partial charge in [0.2, 0.25) is 0 Å². The SMILES string of the molecule is COc1cccc([C@@H](C)NC(C)c2cc(-c3ccc(C(=O)O)c(C(F)(F)F)c3)c3ccccc3c2)c1. The first-order valence-corrected chi connectivity index (χ1v) is 11.5. The van der Waals surface area contributed by atoms with Gasteiger partial charge in [0.25, 0.3) is 0 Å². The van der Waals surface area contributed by atoms with E-state index in [1.54, 1.807) is 7.11 Å². The molecule has 0 aliphatic rings. The minimum Gasteiger partial charge on any atom is -0.497 e. The van der Waals surface area contributed by atoms with E-state index in [9.17, 15) is 23.1 Å². The molecule has 186 valence electrons. The molecule has 4 aromatic rings. The van der Waals surface area contributed by atoms with Crippen LogP contribution >= 0.6 is 0 Å². The summed E-state index contributed by atoms with van der Waals surface area (Å²) in [6.45, 7) is 4.03. The van der Waals surface area contributed by atoms with Crippen molar-refractivity contribution in [2.45, 2.75) is 32.1 Å². The Morgan fingerprint density at radius 3 is 2.31 bits per heavy atom. The van der Waals surface area contributed by atoms with Gasteiger partial charge in [-0.3, -0.25) is 0 Å². The zero-order valence-electron chi connectivity index (χ0n) is 20.1. The first kappa shape index (κ1) is 25.3. The maximum absolute atomic E-state index is 13.7. The predicted octanol–water partition coefficient (Wildman–Crippen LogP) is 7.64. The van der Waals surface area contributed by atoms with Crippen molar-refractivity contribution < 1.29 is 27.8 Å². The number of aromatic carboxylic acids is 1. The summed E-state index contributed by atoms with van der Waals surface area (Å²) in [5.41, 5.74) is 0.913. The third-order valence-electron chi connectivity index (χ3n) is 6.34. The summed E-state index contributed by atoms with van der Waals surface area (Å²) >= 11 is 0. The Hall–Kier alpha value is -3.84. The number of carboxylic acids is 1. The zero-order chi connectivity index (χ0) is 26.0. The molecule has 0 spiro atoms. The summed E-state index contributed by atoms with van der Waals surface area (Å²) in [5, 5.41) is 14.5. The van der Waals surface area contributed by atoms with E-state index in [4.69, 9.17) is 4.74 Å². The number of methoxy groups -OCH3 is 1. The first-order valence-electron chi connectivity index (χ1n) is 11.5. The highest BCUT2D eigenvalue weighted by molar-refractivity contribution is 5.98. The molecule has 0 aliphatic carbocycles. The number of rotatable bonds is 7. The molecule has 0 aliphatic heterocycles. The van der Waals surface area contributed by atoms with Gasteiger partial charge in [0.15, 0.2) is 0 Å². The molecule has 4 nitrogen and oxygen atoms in total. The Morgan fingerprint density at radius 2 is 1.61 bits per heavy atom. The number of carboxylic acid groups (broad SMARTS) is 1. The molecule has 1 unspecified atom stereocenters. The van der Waals surface area contributed by atoms with Crippen molar-refractivity contribution in [3.8, 4) is 16.9 Å². The fourth-order valence-electron chi connectivity index (χ4n) is 4.43. The van der Waals surface area contributed by atoms with E-state index in [2.05, 4.69) is 5.32 Å². The Balaban J connectivity index is 1.77. The van der Waals surface area contributed by atoms with Gasteiger partial charge in [-0.2, -0.15) is 13.2 Å². The highest BCUT2D eigenvalue weighted by atomic mass is 19.4. The van der Waals surface area contributed by atoms with Gasteiger partial charge >= 0.3 is 12.1 Å². The maximum Gasteiger partial charge on any atom is 0.417 e. The van der Waals surface area contributed by atoms with E-state index >= 15 is 0 Å². The van der Waals surface area contributed by atoms with Crippen LogP contribution in [0.25, 0.3) is 21.9 Å². The lowest BCUT2D eigenvalue weighted by atomic mass is 9.91. The maximum atomic E-state index is 13.7. The third kappa shape index (κ3) is 5.21. The second-order valence-electron chi connectivity index (χ2n) is 8.74. The lowest BCUT2D eigenvalue weighted by Crippen LogP contribution is -2.22. The van der Waals surface area contributed by atoms with Crippen molar-refractivity contribution in [3.63, 3.8) is 0 Å². The number of ether oxygens (including phenoxy) is 1. The van der Waals surface area contributed by atoms with Gasteiger partial charge in [-0.25, -0.2) is 4.79 Å². The minimum atomic E-state index is -4.79. The fraction of sp³-hybridized carbons (Fsp3) is 0.207. The average Bonchev–Trinajstić information content (AvgIpc) is 2.87. The van der Waals surface area contributed by atoms with Crippen LogP contribution in [0.15, 0.2) is 78.9 Å². The lowest BCUT2D eigenvalue weighted by Gasteiger charge is -2.23. The topological polar surface area (TPSA) is 58.6 Å². The van der Waals surface area contributed by atoms with Crippen LogP contribution in [0.3, 0.4) is 0 Å². The zero-order valence-corrected chi connectivity index (χ0v) is 20.1. The summed E-state index contributed by atoms with van der Waals surface area (Å²) in [4.78, 5) is 11.4. The fourth-order valence-corrected chi connectivity index (χ4v) is 4.43. The Bertz CT molecular complexity index is 1410. The van der Waals surface area contributed by atoms with Crippen molar-refractivity contribution >= 4 is 16.7 Å². The van der Waals surface area contributed by atoms with Crippen LogP contribution < -0.4 is 10.1 Å². The van der Waals surface area contributed by atoms with Crippen LogP contribution in [0.2, 0.25) is 0 Å². The third-order valence-corrected chi connectivity index (χ3v) is 6.34. The van der Waals surface area contributed by atoms with Crippen LogP contribution in [0.5, 0.6) is 5.75 Å². The summed E-state index contributed by atoms with van der Waals surface area (Å²) in [7, 11) is 1.61. The molecule has 0 fully saturated rings. The monoisotopic (exact) mass is 493 g/mol. The molecule has 0 amide bonds. The second kappa shape index (κ2) is 10.0. The largest absolute Gasteiger partial charge is 0.497 e. The van der Waals surface area contributed by atoms with Crippen LogP contribution in [-0.2, 0) is 6.18 Å². The molecule has 2 atom stereocenters. The van der Waals surface area contributed by atoms with E-state index < -0.39 is 23.3 Å². The highest BCUT2D eigenvalue weighted by Crippen LogP contribution is 2.38. The van der Waals surface area contributed by atoms with Crippen LogP contribution in [0.1, 0.15) is 53.0 Å². The quantitative estimate of drug-likeness (QED) is 0.278. The summed E-state index contributed by atoms with van der Waals surface area (Å²) in [6.07, 6.45) is -4.79. The van der Waals surface area contributed by atoms with Gasteiger partial charge in [0, 0.05) is 12.1 Å². The first-order chi connectivity index (χ1) is 17.1. The summed E-state index contributed by atoms with van der Waals surface area (Å²) in [5.74, 6) is -0.857. The number of hydrogen-bond donors (Lipinski definition) is 2. The van der Waals surface area contributed by atoms with E-state index in [0.717, 1.165) is 39.8 Å². The predicted molar refractivity (Wildman–Crippen MR) is 134 cm³/mol. The van der Waals surface area contributed by atoms with E-state index in [-0.39, 0.29) is 12.1 Å². The molecular formula is C29H26F3NO3. The lowest BCUT2D eigenvalue weighted by molar-refractivity contribution is -0.138. The molecule has 4 aromatic carbocycles. The summed E-state index contributed by atoms with van der Waals surface area (Å²) < 4.78 is 46.4. The highest BCUT2D eigenvalue weighted by Gasteiger charge is 2.35. The Kier molecular flexibility index (Phi) is 7.04. The van der Waals surface area contributed by atoms with Crippen LogP contribution in [0, 0.1) is 0 Å². The smallest absolute Gasteiger partial charge is 0.417 e. The summed E-state index contributed by atoms with van der Waals surface area (Å²) in [6, 6.07) is 22.3. The van der Waals surface area contributed by atoms with Crippen LogP contribution in [0.4, 0.5) is 13.2 Å². The molecule has 36 heavy (non-hydrogen) atoms. The number of hydrogen-bond acceptors (Lipinski definition) is 3. The van der Waals surface area contributed by atoms with Crippen molar-refractivity contribution in [3.05, 3.63) is 101 Å². The molecular weight excluding hydrogens is 467 g/mol. The standard InChI is InChI=1S/C29H26F3NO3/c1-17(19-8-6-9-23(14-19)36-3)33-18(2)22-13-20-7-4-5-10-24(20)26(15-22)21-11-12-25(28(34)35)27(16-21)29(30,31)32/h4-18,33H,1-3H3,(H,34,35)/t17-,18?/m1/s1. The van der Waals surface area contributed by atoms with Gasteiger partial charge in [-0.15, -0.1) is 0 Å². The molecule has 0 saturated heterocycles. The number of nitrogens with one attached hydrogen (secondary N) is 1. The van der Waals surface area contributed by atoms with Crippen molar-refractivity contribution in [2.24, 2.45) is 0 Å². The van der Waals surface area contributed by atoms with Crippen molar-refractivity contribution in [2.75, 3.05) is 7.11 Å². The average molecular weight is 494 g/mol. The minimum absolute atomic E-state index is 0.0169. The number of alkyl halides is 3. The van der Waals surface area contributed by atoms with E-state index in [1.165, 1.54) is 6.07 Å². The number of carbonyl (C=O) groups is 1.